The minimum atomic E-state index is -0.0595. The van der Waals surface area contributed by atoms with Crippen LogP contribution >= 0.6 is 11.6 Å². The maximum absolute atomic E-state index is 12.0. The molecule has 90 valence electrons. The lowest BCUT2D eigenvalue weighted by atomic mass is 10.1. The van der Waals surface area contributed by atoms with E-state index in [1.807, 2.05) is 11.8 Å². The second kappa shape index (κ2) is 7.98. The molecule has 1 amide bonds. The number of carbonyl (C=O) groups excluding carboxylic acids is 1. The Morgan fingerprint density at radius 2 is 1.87 bits per heavy atom. The lowest BCUT2D eigenvalue weighted by Gasteiger charge is -2.29. The summed E-state index contributed by atoms with van der Waals surface area (Å²) < 4.78 is 0. The molecule has 15 heavy (non-hydrogen) atoms. The molecule has 0 N–H and O–H groups in total. The summed E-state index contributed by atoms with van der Waals surface area (Å²) in [5.41, 5.74) is 0. The van der Waals surface area contributed by atoms with Gasteiger partial charge in [-0.2, -0.15) is 0 Å². The van der Waals surface area contributed by atoms with Crippen LogP contribution in [0.2, 0.25) is 0 Å². The molecule has 1 unspecified atom stereocenters. The average molecular weight is 234 g/mol. The Morgan fingerprint density at radius 3 is 2.27 bits per heavy atom. The van der Waals surface area contributed by atoms with Gasteiger partial charge in [0.2, 0.25) is 5.91 Å². The third-order valence-corrected chi connectivity index (χ3v) is 3.02. The number of alkyl halides is 1. The SMILES string of the molecule is CCCCCN(C(=O)C(C)CCl)C(C)C. The van der Waals surface area contributed by atoms with Gasteiger partial charge in [0.25, 0.3) is 0 Å². The van der Waals surface area contributed by atoms with Gasteiger partial charge in [0, 0.05) is 24.4 Å². The molecule has 0 radical (unpaired) electrons. The van der Waals surface area contributed by atoms with E-state index in [9.17, 15) is 4.79 Å². The first-order valence-electron chi connectivity index (χ1n) is 5.91. The van der Waals surface area contributed by atoms with Crippen LogP contribution in [0.3, 0.4) is 0 Å². The highest BCUT2D eigenvalue weighted by Gasteiger charge is 2.21. The van der Waals surface area contributed by atoms with Crippen molar-refractivity contribution in [2.75, 3.05) is 12.4 Å². The van der Waals surface area contributed by atoms with Gasteiger partial charge >= 0.3 is 0 Å². The maximum Gasteiger partial charge on any atom is 0.226 e. The first-order chi connectivity index (χ1) is 7.04. The second-order valence-corrected chi connectivity index (χ2v) is 4.70. The van der Waals surface area contributed by atoms with Crippen LogP contribution in [0.5, 0.6) is 0 Å². The summed E-state index contributed by atoms with van der Waals surface area (Å²) in [5.74, 6) is 0.544. The summed E-state index contributed by atoms with van der Waals surface area (Å²) in [4.78, 5) is 13.9. The predicted octanol–water partition coefficient (Wildman–Crippen LogP) is 3.29. The van der Waals surface area contributed by atoms with Crippen molar-refractivity contribution in [2.24, 2.45) is 5.92 Å². The molecule has 0 bridgehead atoms. The Bertz CT molecular complexity index is 182. The molecule has 3 heteroatoms. The third kappa shape index (κ3) is 5.41. The van der Waals surface area contributed by atoms with Crippen molar-refractivity contribution in [1.82, 2.24) is 4.90 Å². The molecule has 0 spiro atoms. The number of halogens is 1. The lowest BCUT2D eigenvalue weighted by molar-refractivity contribution is -0.136. The Labute approximate surface area is 99.0 Å². The minimum Gasteiger partial charge on any atom is -0.340 e. The zero-order valence-corrected chi connectivity index (χ0v) is 11.2. The number of hydrogen-bond donors (Lipinski definition) is 0. The zero-order valence-electron chi connectivity index (χ0n) is 10.4. The first kappa shape index (κ1) is 14.8. The van der Waals surface area contributed by atoms with Crippen LogP contribution in [0.1, 0.15) is 47.0 Å². The van der Waals surface area contributed by atoms with E-state index >= 15 is 0 Å². The topological polar surface area (TPSA) is 20.3 Å². The number of unbranched alkanes of at least 4 members (excludes halogenated alkanes) is 2. The van der Waals surface area contributed by atoms with Crippen molar-refractivity contribution in [1.29, 1.82) is 0 Å². The average Bonchev–Trinajstić information content (AvgIpc) is 2.22. The van der Waals surface area contributed by atoms with Crippen molar-refractivity contribution in [3.63, 3.8) is 0 Å². The van der Waals surface area contributed by atoms with Crippen LogP contribution in [0.25, 0.3) is 0 Å². The fourth-order valence-electron chi connectivity index (χ4n) is 1.50. The Balaban J connectivity index is 4.19. The highest BCUT2D eigenvalue weighted by atomic mass is 35.5. The van der Waals surface area contributed by atoms with Crippen LogP contribution in [0.15, 0.2) is 0 Å². The molecule has 1 atom stereocenters. The molecule has 0 aromatic carbocycles. The van der Waals surface area contributed by atoms with Crippen molar-refractivity contribution in [3.05, 3.63) is 0 Å². The fraction of sp³-hybridized carbons (Fsp3) is 0.917. The van der Waals surface area contributed by atoms with E-state index in [2.05, 4.69) is 20.8 Å². The van der Waals surface area contributed by atoms with E-state index < -0.39 is 0 Å². The molecule has 0 aromatic heterocycles. The summed E-state index contributed by atoms with van der Waals surface area (Å²) in [6.45, 7) is 9.05. The standard InChI is InChI=1S/C12H24ClNO/c1-5-6-7-8-14(10(2)3)12(15)11(4)9-13/h10-11H,5-9H2,1-4H3. The summed E-state index contributed by atoms with van der Waals surface area (Å²) in [5, 5.41) is 0. The first-order valence-corrected chi connectivity index (χ1v) is 6.44. The van der Waals surface area contributed by atoms with Crippen molar-refractivity contribution in [2.45, 2.75) is 53.0 Å². The van der Waals surface area contributed by atoms with Crippen LogP contribution in [-0.4, -0.2) is 29.3 Å². The monoisotopic (exact) mass is 233 g/mol. The molecule has 0 fully saturated rings. The zero-order chi connectivity index (χ0) is 11.8. The maximum atomic E-state index is 12.0. The summed E-state index contributed by atoms with van der Waals surface area (Å²) in [6.07, 6.45) is 3.46. The molecule has 0 aliphatic heterocycles. The number of amides is 1. The van der Waals surface area contributed by atoms with Gasteiger partial charge in [0.05, 0.1) is 0 Å². The largest absolute Gasteiger partial charge is 0.340 e. The fourth-order valence-corrected chi connectivity index (χ4v) is 1.64. The number of nitrogens with zero attached hydrogens (tertiary/aromatic N) is 1. The Kier molecular flexibility index (Phi) is 7.85. The normalized spacial score (nSPS) is 12.9. The molecule has 0 rings (SSSR count). The van der Waals surface area contributed by atoms with E-state index in [1.165, 1.54) is 12.8 Å². The molecular weight excluding hydrogens is 210 g/mol. The van der Waals surface area contributed by atoms with Crippen molar-refractivity contribution < 1.29 is 4.79 Å². The van der Waals surface area contributed by atoms with Crippen LogP contribution in [-0.2, 0) is 4.79 Å². The van der Waals surface area contributed by atoms with E-state index in [0.717, 1.165) is 13.0 Å². The Hall–Kier alpha value is -0.240. The quantitative estimate of drug-likeness (QED) is 0.488. The summed E-state index contributed by atoms with van der Waals surface area (Å²) >= 11 is 5.71. The van der Waals surface area contributed by atoms with Crippen LogP contribution in [0, 0.1) is 5.92 Å². The van der Waals surface area contributed by atoms with Gasteiger partial charge in [-0.05, 0) is 20.3 Å². The van der Waals surface area contributed by atoms with Crippen molar-refractivity contribution >= 4 is 17.5 Å². The van der Waals surface area contributed by atoms with E-state index in [0.29, 0.717) is 5.88 Å². The lowest BCUT2D eigenvalue weighted by Crippen LogP contribution is -2.41. The van der Waals surface area contributed by atoms with Gasteiger partial charge in [-0.15, -0.1) is 11.6 Å². The van der Waals surface area contributed by atoms with Gasteiger partial charge < -0.3 is 4.90 Å². The van der Waals surface area contributed by atoms with Gasteiger partial charge in [-0.3, -0.25) is 4.79 Å². The van der Waals surface area contributed by atoms with E-state index in [4.69, 9.17) is 11.6 Å². The van der Waals surface area contributed by atoms with Gasteiger partial charge in [-0.1, -0.05) is 26.7 Å². The molecule has 0 aliphatic carbocycles. The molecule has 2 nitrogen and oxygen atoms in total. The number of hydrogen-bond acceptors (Lipinski definition) is 1. The smallest absolute Gasteiger partial charge is 0.226 e. The van der Waals surface area contributed by atoms with E-state index in [1.54, 1.807) is 0 Å². The number of rotatable bonds is 7. The van der Waals surface area contributed by atoms with Gasteiger partial charge in [0.15, 0.2) is 0 Å². The molecule has 0 aliphatic rings. The Morgan fingerprint density at radius 1 is 1.27 bits per heavy atom. The molecule has 0 saturated carbocycles. The summed E-state index contributed by atoms with van der Waals surface area (Å²) in [7, 11) is 0. The van der Waals surface area contributed by atoms with E-state index in [-0.39, 0.29) is 17.9 Å². The summed E-state index contributed by atoms with van der Waals surface area (Å²) in [6, 6.07) is 0.278. The van der Waals surface area contributed by atoms with Crippen molar-refractivity contribution in [3.8, 4) is 0 Å². The highest BCUT2D eigenvalue weighted by Crippen LogP contribution is 2.10. The predicted molar refractivity (Wildman–Crippen MR) is 66.3 cm³/mol. The molecule has 0 aromatic rings. The van der Waals surface area contributed by atoms with Gasteiger partial charge in [0.1, 0.15) is 0 Å². The molecular formula is C12H24ClNO. The van der Waals surface area contributed by atoms with Gasteiger partial charge in [-0.25, -0.2) is 0 Å². The highest BCUT2D eigenvalue weighted by molar-refractivity contribution is 6.19. The number of carbonyl (C=O) groups is 1. The molecule has 0 saturated heterocycles. The van der Waals surface area contributed by atoms with Crippen LogP contribution < -0.4 is 0 Å². The third-order valence-electron chi connectivity index (χ3n) is 2.56. The van der Waals surface area contributed by atoms with Crippen LogP contribution in [0.4, 0.5) is 0 Å². The molecule has 0 heterocycles. The second-order valence-electron chi connectivity index (χ2n) is 4.39. The minimum absolute atomic E-state index is 0.0595.